The molecular weight excluding hydrogens is 1570 g/mol. The van der Waals surface area contributed by atoms with E-state index in [9.17, 15) is 0 Å². The molecule has 636 valence electrons. The van der Waals surface area contributed by atoms with Crippen LogP contribution in [0.3, 0.4) is 0 Å². The summed E-state index contributed by atoms with van der Waals surface area (Å²) >= 11 is 27.7. The molecule has 8 aromatic carbocycles. The van der Waals surface area contributed by atoms with Gasteiger partial charge in [-0.1, -0.05) is 213 Å². The van der Waals surface area contributed by atoms with Crippen LogP contribution in [0.2, 0.25) is 20.1 Å². The third-order valence-corrected chi connectivity index (χ3v) is 27.3. The fraction of sp³-hybridized carbons (Fsp3) is 0.515. The van der Waals surface area contributed by atoms with Gasteiger partial charge in [0, 0.05) is 111 Å². The highest BCUT2D eigenvalue weighted by Crippen LogP contribution is 2.45. The van der Waals surface area contributed by atoms with E-state index < -0.39 is 0 Å². The second-order valence-corrected chi connectivity index (χ2v) is 38.5. The zero-order valence-electron chi connectivity index (χ0n) is 71.6. The van der Waals surface area contributed by atoms with Crippen molar-refractivity contribution in [3.05, 3.63) is 246 Å². The molecule has 10 heterocycles. The average molecular weight is 1700 g/mol. The number of halogens is 4. The molecule has 16 nitrogen and oxygen atoms in total. The Bertz CT molecular complexity index is 4150. The van der Waals surface area contributed by atoms with E-state index >= 15 is 0 Å². The summed E-state index contributed by atoms with van der Waals surface area (Å²) in [5.41, 5.74) is 18.3. The van der Waals surface area contributed by atoms with Gasteiger partial charge in [0.05, 0.1) is 170 Å². The van der Waals surface area contributed by atoms with Crippen LogP contribution in [0.4, 0.5) is 34.1 Å². The van der Waals surface area contributed by atoms with Crippen molar-refractivity contribution in [1.82, 2.24) is 0 Å². The molecule has 12 atom stereocenters. The smallest absolute Gasteiger partial charge is 0.0984 e. The lowest BCUT2D eigenvalue weighted by atomic mass is 9.74. The van der Waals surface area contributed by atoms with Gasteiger partial charge < -0.3 is 76.8 Å². The van der Waals surface area contributed by atoms with Crippen LogP contribution in [-0.4, -0.2) is 205 Å². The first-order valence-corrected chi connectivity index (χ1v) is 45.0. The molecule has 0 spiro atoms. The number of rotatable bonds is 40. The van der Waals surface area contributed by atoms with E-state index in [-0.39, 0.29) is 70.5 Å². The minimum atomic E-state index is -0.222. The minimum absolute atomic E-state index is 0.222. The van der Waals surface area contributed by atoms with E-state index in [1.807, 2.05) is 0 Å². The van der Waals surface area contributed by atoms with Crippen LogP contribution in [0.5, 0.6) is 0 Å². The molecule has 10 saturated heterocycles. The molecule has 10 fully saturated rings. The second kappa shape index (κ2) is 36.6. The van der Waals surface area contributed by atoms with Gasteiger partial charge in [-0.3, -0.25) is 0 Å². The first kappa shape index (κ1) is 85.9. The number of ether oxygens (including phenoxy) is 10. The van der Waals surface area contributed by atoms with Gasteiger partial charge in [0.15, 0.2) is 0 Å². The molecule has 0 radical (unpaired) electrons. The lowest BCUT2D eigenvalue weighted by molar-refractivity contribution is 0.388. The standard InChI is InChI=1S/2C36H42Cl2N2O4.C27H38N2O2/c2*1-35(2,25-9-11-33(31(37)13-25)39(15-27-19-41-27)16-28-20-42-28)23-5-7-24(8-6-23)36(3,4)26-10-12-34(32(38)14-26)40(17-29-21-43-29)18-30-22-44-30;1-5-20(3)28(16-26-18-30-26)24-11-7-22(8-12-24)15-23-9-13-25(14-10-23)29(21(4)6-2)17-27-19-31-27/h2*5-14,27-30H,15-22H2,1-4H3;7-14,20-21,26-27H,5-6,15-19H2,1-4H3. The Morgan fingerprint density at radius 1 is 0.269 bits per heavy atom. The van der Waals surface area contributed by atoms with Crippen molar-refractivity contribution in [2.75, 3.05) is 161 Å². The van der Waals surface area contributed by atoms with E-state index in [2.05, 4.69) is 282 Å². The molecule has 20 heteroatoms. The Kier molecular flexibility index (Phi) is 26.4. The lowest BCUT2D eigenvalue weighted by Crippen LogP contribution is -2.35. The fourth-order valence-electron chi connectivity index (χ4n) is 16.5. The zero-order valence-corrected chi connectivity index (χ0v) is 74.7. The highest BCUT2D eigenvalue weighted by molar-refractivity contribution is 6.34. The number of anilines is 6. The number of epoxide rings is 10. The van der Waals surface area contributed by atoms with Crippen LogP contribution < -0.4 is 29.4 Å². The molecule has 119 heavy (non-hydrogen) atoms. The molecule has 0 bridgehead atoms. The van der Waals surface area contributed by atoms with Crippen LogP contribution in [0, 0.1) is 0 Å². The molecule has 0 aromatic heterocycles. The van der Waals surface area contributed by atoms with Crippen molar-refractivity contribution in [3.63, 3.8) is 0 Å². The molecule has 12 unspecified atom stereocenters. The molecule has 0 amide bonds. The van der Waals surface area contributed by atoms with Gasteiger partial charge in [-0.25, -0.2) is 0 Å². The molecular formula is C99H122Cl4N6O10. The van der Waals surface area contributed by atoms with E-state index in [1.165, 1.54) is 67.0 Å². The molecule has 0 saturated carbocycles. The Morgan fingerprint density at radius 2 is 0.445 bits per heavy atom. The summed E-state index contributed by atoms with van der Waals surface area (Å²) < 4.78 is 55.0. The molecule has 10 aliphatic heterocycles. The van der Waals surface area contributed by atoms with E-state index in [4.69, 9.17) is 93.8 Å². The summed E-state index contributed by atoms with van der Waals surface area (Å²) in [5.74, 6) is 0. The number of hydrogen-bond acceptors (Lipinski definition) is 16. The van der Waals surface area contributed by atoms with E-state index in [0.717, 1.165) is 194 Å². The predicted octanol–water partition coefficient (Wildman–Crippen LogP) is 19.0. The van der Waals surface area contributed by atoms with Crippen molar-refractivity contribution in [2.24, 2.45) is 0 Å². The molecule has 10 aliphatic rings. The van der Waals surface area contributed by atoms with Crippen molar-refractivity contribution in [1.29, 1.82) is 0 Å². The van der Waals surface area contributed by atoms with E-state index in [0.29, 0.717) is 24.3 Å². The van der Waals surface area contributed by atoms with Gasteiger partial charge in [0.2, 0.25) is 0 Å². The number of hydrogen-bond donors (Lipinski definition) is 0. The van der Waals surface area contributed by atoms with Gasteiger partial charge in [0.25, 0.3) is 0 Å². The Labute approximate surface area is 726 Å². The maximum Gasteiger partial charge on any atom is 0.0984 e. The monoisotopic (exact) mass is 1690 g/mol. The van der Waals surface area contributed by atoms with Gasteiger partial charge in [-0.15, -0.1) is 0 Å². The van der Waals surface area contributed by atoms with Crippen molar-refractivity contribution < 1.29 is 47.4 Å². The first-order valence-electron chi connectivity index (χ1n) is 43.5. The topological polar surface area (TPSA) is 145 Å². The lowest BCUT2D eigenvalue weighted by Gasteiger charge is -2.31. The van der Waals surface area contributed by atoms with Gasteiger partial charge in [0.1, 0.15) is 0 Å². The molecule has 8 aromatic rings. The zero-order chi connectivity index (χ0) is 83.1. The Morgan fingerprint density at radius 3 is 0.613 bits per heavy atom. The third-order valence-electron chi connectivity index (χ3n) is 26.1. The number of nitrogens with zero attached hydrogens (tertiary/aromatic N) is 6. The van der Waals surface area contributed by atoms with Crippen molar-refractivity contribution >= 4 is 80.5 Å². The van der Waals surface area contributed by atoms with Crippen LogP contribution >= 0.6 is 46.4 Å². The average Bonchev–Trinajstić information content (AvgIpc) is 0.885. The highest BCUT2D eigenvalue weighted by atomic mass is 35.5. The van der Waals surface area contributed by atoms with Gasteiger partial charge in [-0.05, 0) is 162 Å². The molecule has 0 aliphatic carbocycles. The SMILES string of the molecule is CC(C)(c1ccc(C(C)(C)c2ccc(N(CC3CO3)CC3CO3)c(Cl)c2)cc1)c1ccc(N(CC2CO2)CC2CO2)c(Cl)c1.CC(C)(c1ccc(C(C)(C)c2ccc(N(CC3CO3)CC3CO3)c(Cl)c2)cc1)c1ccc(N(CC2CO2)CC2CO2)c(Cl)c1.CCC(C)N(CC1CO1)c1ccc(Cc2ccc(N(CC3CO3)C(C)CC)cc2)cc1. The summed E-state index contributed by atoms with van der Waals surface area (Å²) in [5, 5.41) is 3.07. The van der Waals surface area contributed by atoms with Crippen LogP contribution in [0.1, 0.15) is 152 Å². The van der Waals surface area contributed by atoms with Crippen LogP contribution in [0.15, 0.2) is 170 Å². The quantitative estimate of drug-likeness (QED) is 0.0336. The number of benzene rings is 8. The summed E-state index contributed by atoms with van der Waals surface area (Å²) in [6, 6.07) is 63.3. The summed E-state index contributed by atoms with van der Waals surface area (Å²) in [7, 11) is 0. The summed E-state index contributed by atoms with van der Waals surface area (Å²) in [6.45, 7) is 44.3. The second-order valence-electron chi connectivity index (χ2n) is 36.8. The normalized spacial score (nSPS) is 23.2. The summed E-state index contributed by atoms with van der Waals surface area (Å²) in [4.78, 5) is 14.2. The first-order chi connectivity index (χ1) is 57.2. The Balaban J connectivity index is 0.000000136. The largest absolute Gasteiger partial charge is 0.371 e. The van der Waals surface area contributed by atoms with Gasteiger partial charge >= 0.3 is 0 Å². The van der Waals surface area contributed by atoms with Crippen LogP contribution in [0.25, 0.3) is 0 Å². The maximum atomic E-state index is 6.93. The van der Waals surface area contributed by atoms with Crippen molar-refractivity contribution in [2.45, 2.75) is 197 Å². The Hall–Kier alpha value is -6.68. The van der Waals surface area contributed by atoms with Gasteiger partial charge in [-0.2, -0.15) is 0 Å². The third kappa shape index (κ3) is 22.5. The minimum Gasteiger partial charge on any atom is -0.371 e. The molecule has 0 N–H and O–H groups in total. The molecule has 18 rings (SSSR count). The predicted molar refractivity (Wildman–Crippen MR) is 483 cm³/mol. The highest BCUT2D eigenvalue weighted by Gasteiger charge is 2.40. The maximum absolute atomic E-state index is 6.93. The van der Waals surface area contributed by atoms with Crippen molar-refractivity contribution in [3.8, 4) is 0 Å². The van der Waals surface area contributed by atoms with Crippen LogP contribution in [-0.2, 0) is 75.4 Å². The van der Waals surface area contributed by atoms with E-state index in [1.54, 1.807) is 0 Å². The fourth-order valence-corrected chi connectivity index (χ4v) is 17.7. The summed E-state index contributed by atoms with van der Waals surface area (Å²) in [6.07, 6.45) is 6.38.